The van der Waals surface area contributed by atoms with E-state index in [1.54, 1.807) is 14.2 Å². The van der Waals surface area contributed by atoms with E-state index >= 15 is 0 Å². The molecule has 0 amide bonds. The van der Waals surface area contributed by atoms with Gasteiger partial charge in [-0.1, -0.05) is 6.92 Å². The Morgan fingerprint density at radius 2 is 1.68 bits per heavy atom. The molecule has 4 nitrogen and oxygen atoms in total. The zero-order valence-electron chi connectivity index (χ0n) is 13.4. The van der Waals surface area contributed by atoms with Crippen LogP contribution in [-0.4, -0.2) is 57.7 Å². The van der Waals surface area contributed by atoms with E-state index in [1.807, 2.05) is 0 Å². The molecule has 2 radical (unpaired) electrons. The molecule has 0 saturated carbocycles. The summed E-state index contributed by atoms with van der Waals surface area (Å²) in [6.45, 7) is 10.6. The van der Waals surface area contributed by atoms with Crippen LogP contribution < -0.4 is 0 Å². The van der Waals surface area contributed by atoms with Gasteiger partial charge in [0.15, 0.2) is 8.32 Å². The second-order valence-corrected chi connectivity index (χ2v) is 10.7. The van der Waals surface area contributed by atoms with E-state index in [4.69, 9.17) is 18.3 Å². The minimum absolute atomic E-state index is 0.303. The molecule has 0 aliphatic heterocycles. The van der Waals surface area contributed by atoms with Crippen molar-refractivity contribution < 1.29 is 18.3 Å². The molecular weight excluding hydrogens is 276 g/mol. The van der Waals surface area contributed by atoms with Crippen molar-refractivity contribution in [1.29, 1.82) is 0 Å². The van der Waals surface area contributed by atoms with Crippen LogP contribution in [0.5, 0.6) is 0 Å². The van der Waals surface area contributed by atoms with Gasteiger partial charge in [-0.2, -0.15) is 0 Å². The van der Waals surface area contributed by atoms with Crippen LogP contribution in [0, 0.1) is 0 Å². The molecule has 0 fully saturated rings. The van der Waals surface area contributed by atoms with Crippen LogP contribution in [0.1, 0.15) is 19.8 Å². The Morgan fingerprint density at radius 3 is 2.11 bits per heavy atom. The predicted molar refractivity (Wildman–Crippen MR) is 82.3 cm³/mol. The zero-order valence-corrected chi connectivity index (χ0v) is 15.4. The van der Waals surface area contributed by atoms with Crippen molar-refractivity contribution in [2.75, 3.05) is 34.0 Å². The summed E-state index contributed by atoms with van der Waals surface area (Å²) in [4.78, 5) is 0. The van der Waals surface area contributed by atoms with Gasteiger partial charge < -0.3 is 18.3 Å². The van der Waals surface area contributed by atoms with E-state index in [0.717, 1.165) is 25.5 Å². The van der Waals surface area contributed by atoms with E-state index < -0.39 is 8.32 Å². The molecule has 0 heterocycles. The number of rotatable bonds is 12. The highest BCUT2D eigenvalue weighted by Crippen LogP contribution is 2.19. The second kappa shape index (κ2) is 10.1. The first-order chi connectivity index (χ1) is 8.95. The quantitative estimate of drug-likeness (QED) is 0.410. The lowest BCUT2D eigenvalue weighted by atomic mass is 10.0. The molecule has 0 rings (SSSR count). The van der Waals surface area contributed by atoms with Gasteiger partial charge in [0.1, 0.15) is 5.60 Å². The number of hydrogen-bond acceptors (Lipinski definition) is 4. The number of ether oxygens (including phenoxy) is 3. The SMILES string of the molecule is CCC(COC)(COC)OCCC[Si](C)(C)O[Si]C. The smallest absolute Gasteiger partial charge is 0.211 e. The standard InChI is InChI=1S/C13H30O4Si2/c1-7-13(11-14-2,12-15-3)16-9-8-10-19(5,6)17-18-4/h7-12H2,1-6H3. The Labute approximate surface area is 122 Å². The first kappa shape index (κ1) is 19.3. The van der Waals surface area contributed by atoms with Crippen molar-refractivity contribution in [1.82, 2.24) is 0 Å². The minimum Gasteiger partial charge on any atom is -0.456 e. The van der Waals surface area contributed by atoms with Gasteiger partial charge in [0.25, 0.3) is 0 Å². The van der Waals surface area contributed by atoms with E-state index in [1.165, 1.54) is 0 Å². The van der Waals surface area contributed by atoms with E-state index in [9.17, 15) is 0 Å². The molecule has 0 aromatic rings. The van der Waals surface area contributed by atoms with Crippen LogP contribution in [0.15, 0.2) is 0 Å². The highest BCUT2D eigenvalue weighted by molar-refractivity contribution is 6.74. The van der Waals surface area contributed by atoms with Crippen LogP contribution in [0.4, 0.5) is 0 Å². The highest BCUT2D eigenvalue weighted by Gasteiger charge is 2.29. The molecule has 0 spiro atoms. The molecule has 0 aromatic heterocycles. The van der Waals surface area contributed by atoms with Crippen molar-refractivity contribution in [2.24, 2.45) is 0 Å². The molecule has 0 saturated heterocycles. The summed E-state index contributed by atoms with van der Waals surface area (Å²) < 4.78 is 22.4. The normalized spacial score (nSPS) is 12.9. The molecule has 114 valence electrons. The Bertz CT molecular complexity index is 219. The van der Waals surface area contributed by atoms with Gasteiger partial charge >= 0.3 is 0 Å². The van der Waals surface area contributed by atoms with E-state index in [-0.39, 0.29) is 5.60 Å². The minimum atomic E-state index is -1.48. The maximum absolute atomic E-state index is 6.05. The third kappa shape index (κ3) is 8.21. The second-order valence-electron chi connectivity index (χ2n) is 5.42. The Hall–Kier alpha value is 0.274. The summed E-state index contributed by atoms with van der Waals surface area (Å²) in [5.41, 5.74) is -0.303. The maximum atomic E-state index is 6.05. The van der Waals surface area contributed by atoms with Crippen molar-refractivity contribution in [3.05, 3.63) is 0 Å². The van der Waals surface area contributed by atoms with Crippen molar-refractivity contribution in [3.8, 4) is 0 Å². The molecule has 0 unspecified atom stereocenters. The van der Waals surface area contributed by atoms with Crippen LogP contribution in [-0.2, 0) is 18.3 Å². The fraction of sp³-hybridized carbons (Fsp3) is 1.00. The molecule has 6 heteroatoms. The summed E-state index contributed by atoms with van der Waals surface area (Å²) in [7, 11) is 2.52. The molecule has 0 aliphatic rings. The van der Waals surface area contributed by atoms with Gasteiger partial charge in [-0.25, -0.2) is 0 Å². The fourth-order valence-corrected chi connectivity index (χ4v) is 5.69. The highest BCUT2D eigenvalue weighted by atomic mass is 28.4. The van der Waals surface area contributed by atoms with Crippen molar-refractivity contribution >= 4 is 18.1 Å². The van der Waals surface area contributed by atoms with Gasteiger partial charge in [-0.05, 0) is 38.5 Å². The van der Waals surface area contributed by atoms with E-state index in [0.29, 0.717) is 23.0 Å². The Kier molecular flexibility index (Phi) is 10.2. The third-order valence-corrected chi connectivity index (χ3v) is 7.75. The average Bonchev–Trinajstić information content (AvgIpc) is 2.35. The maximum Gasteiger partial charge on any atom is 0.211 e. The summed E-state index contributed by atoms with van der Waals surface area (Å²) >= 11 is 0. The van der Waals surface area contributed by atoms with Crippen LogP contribution in [0.25, 0.3) is 0 Å². The summed E-state index contributed by atoms with van der Waals surface area (Å²) in [5.74, 6) is 0. The van der Waals surface area contributed by atoms with Gasteiger partial charge in [0.2, 0.25) is 9.76 Å². The van der Waals surface area contributed by atoms with Gasteiger partial charge in [-0.3, -0.25) is 0 Å². The first-order valence-corrected chi connectivity index (χ1v) is 11.4. The van der Waals surface area contributed by atoms with Crippen LogP contribution in [0.3, 0.4) is 0 Å². The van der Waals surface area contributed by atoms with Crippen LogP contribution >= 0.6 is 0 Å². The number of methoxy groups -OCH3 is 2. The van der Waals surface area contributed by atoms with Gasteiger partial charge in [0, 0.05) is 20.8 Å². The molecule has 0 aliphatic carbocycles. The van der Waals surface area contributed by atoms with Crippen molar-refractivity contribution in [3.63, 3.8) is 0 Å². The lowest BCUT2D eigenvalue weighted by Gasteiger charge is -2.32. The topological polar surface area (TPSA) is 36.9 Å². The average molecular weight is 307 g/mol. The van der Waals surface area contributed by atoms with E-state index in [2.05, 4.69) is 26.6 Å². The van der Waals surface area contributed by atoms with Crippen LogP contribution in [0.2, 0.25) is 25.7 Å². The largest absolute Gasteiger partial charge is 0.456 e. The summed E-state index contributed by atoms with van der Waals surface area (Å²) in [5, 5.41) is 0. The molecular formula is C13H30O4Si2. The monoisotopic (exact) mass is 306 g/mol. The molecule has 0 bridgehead atoms. The lowest BCUT2D eigenvalue weighted by Crippen LogP contribution is -2.42. The molecule has 19 heavy (non-hydrogen) atoms. The Morgan fingerprint density at radius 1 is 1.11 bits per heavy atom. The molecule has 0 atom stereocenters. The predicted octanol–water partition coefficient (Wildman–Crippen LogP) is 2.72. The fourth-order valence-electron chi connectivity index (χ4n) is 2.07. The Balaban J connectivity index is 4.11. The number of hydrogen-bond donors (Lipinski definition) is 0. The third-order valence-electron chi connectivity index (χ3n) is 3.17. The zero-order chi connectivity index (χ0) is 14.8. The van der Waals surface area contributed by atoms with Gasteiger partial charge in [0.05, 0.1) is 13.2 Å². The summed E-state index contributed by atoms with van der Waals surface area (Å²) in [6, 6.07) is 1.13. The molecule has 0 N–H and O–H groups in total. The lowest BCUT2D eigenvalue weighted by molar-refractivity contribution is -0.125. The van der Waals surface area contributed by atoms with Crippen molar-refractivity contribution in [2.45, 2.75) is 51.1 Å². The summed E-state index contributed by atoms with van der Waals surface area (Å²) in [6.07, 6.45) is 1.93. The molecule has 0 aromatic carbocycles. The van der Waals surface area contributed by atoms with Gasteiger partial charge in [-0.15, -0.1) is 0 Å². The first-order valence-electron chi connectivity index (χ1n) is 6.92.